The number of nitrogens with two attached hydrogens (primary N) is 1. The number of fused-ring (bicyclic) bond motifs is 1. The summed E-state index contributed by atoms with van der Waals surface area (Å²) in [6.07, 6.45) is 0.785. The van der Waals surface area contributed by atoms with Crippen LogP contribution in [-0.2, 0) is 12.6 Å². The third-order valence-electron chi connectivity index (χ3n) is 3.52. The van der Waals surface area contributed by atoms with Gasteiger partial charge in [-0.25, -0.2) is 9.67 Å². The lowest BCUT2D eigenvalue weighted by Gasteiger charge is -2.19. The Kier molecular flexibility index (Phi) is 3.01. The Hall–Kier alpha value is -1.89. The molecule has 0 bridgehead atoms. The topological polar surface area (TPSA) is 56.7 Å². The van der Waals surface area contributed by atoms with Crippen LogP contribution in [0.3, 0.4) is 0 Å². The van der Waals surface area contributed by atoms with Crippen molar-refractivity contribution < 1.29 is 13.2 Å². The van der Waals surface area contributed by atoms with Crippen LogP contribution in [0.5, 0.6) is 0 Å². The van der Waals surface area contributed by atoms with E-state index < -0.39 is 11.7 Å². The van der Waals surface area contributed by atoms with Crippen molar-refractivity contribution in [1.29, 1.82) is 0 Å². The van der Waals surface area contributed by atoms with Gasteiger partial charge in [0.1, 0.15) is 0 Å². The van der Waals surface area contributed by atoms with E-state index in [1.165, 1.54) is 6.07 Å². The van der Waals surface area contributed by atoms with Gasteiger partial charge in [-0.1, -0.05) is 0 Å². The van der Waals surface area contributed by atoms with Gasteiger partial charge in [-0.3, -0.25) is 0 Å². The van der Waals surface area contributed by atoms with Gasteiger partial charge in [-0.05, 0) is 31.4 Å². The maximum atomic E-state index is 12.5. The van der Waals surface area contributed by atoms with Crippen LogP contribution in [0.15, 0.2) is 24.5 Å². The number of rotatable bonds is 1. The molecule has 0 saturated heterocycles. The van der Waals surface area contributed by atoms with Crippen LogP contribution in [0.25, 0.3) is 5.82 Å². The van der Waals surface area contributed by atoms with Crippen molar-refractivity contribution in [2.45, 2.75) is 31.5 Å². The third kappa shape index (κ3) is 2.18. The maximum absolute atomic E-state index is 12.5. The highest BCUT2D eigenvalue weighted by Crippen LogP contribution is 2.31. The number of alkyl halides is 3. The van der Waals surface area contributed by atoms with Crippen LogP contribution >= 0.6 is 0 Å². The first-order valence-electron chi connectivity index (χ1n) is 6.33. The van der Waals surface area contributed by atoms with Crippen LogP contribution in [0.2, 0.25) is 0 Å². The Labute approximate surface area is 113 Å². The predicted octanol–water partition coefficient (Wildman–Crippen LogP) is 2.62. The molecule has 1 aliphatic rings. The highest BCUT2D eigenvalue weighted by molar-refractivity contribution is 5.33. The summed E-state index contributed by atoms with van der Waals surface area (Å²) < 4.78 is 39.1. The molecule has 1 atom stereocenters. The minimum atomic E-state index is -4.38. The second-order valence-electron chi connectivity index (χ2n) is 4.86. The van der Waals surface area contributed by atoms with Crippen LogP contribution in [0.1, 0.15) is 35.7 Å². The van der Waals surface area contributed by atoms with E-state index in [2.05, 4.69) is 10.1 Å². The minimum absolute atomic E-state index is 0.0538. The molecule has 0 fully saturated rings. The molecule has 0 aliphatic heterocycles. The van der Waals surface area contributed by atoms with Gasteiger partial charge in [-0.15, -0.1) is 0 Å². The van der Waals surface area contributed by atoms with Crippen LogP contribution in [0.4, 0.5) is 13.2 Å². The van der Waals surface area contributed by atoms with Crippen molar-refractivity contribution in [2.75, 3.05) is 0 Å². The molecule has 0 radical (unpaired) electrons. The van der Waals surface area contributed by atoms with Crippen LogP contribution < -0.4 is 5.73 Å². The normalized spacial score (nSPS) is 18.9. The molecule has 20 heavy (non-hydrogen) atoms. The lowest BCUT2D eigenvalue weighted by Crippen LogP contribution is -2.18. The Balaban J connectivity index is 1.98. The molecule has 1 aliphatic carbocycles. The molecule has 2 aromatic heterocycles. The van der Waals surface area contributed by atoms with E-state index in [4.69, 9.17) is 5.73 Å². The van der Waals surface area contributed by atoms with Gasteiger partial charge in [0.2, 0.25) is 0 Å². The summed E-state index contributed by atoms with van der Waals surface area (Å²) in [5.74, 6) is 0.383. The smallest absolute Gasteiger partial charge is 0.324 e. The quantitative estimate of drug-likeness (QED) is 0.874. The molecule has 106 valence electrons. The van der Waals surface area contributed by atoms with E-state index in [1.54, 1.807) is 10.9 Å². The van der Waals surface area contributed by atoms with Gasteiger partial charge >= 0.3 is 6.18 Å². The summed E-state index contributed by atoms with van der Waals surface area (Å²) in [7, 11) is 0. The molecule has 0 saturated carbocycles. The molecule has 2 N–H and O–H groups in total. The second-order valence-corrected chi connectivity index (χ2v) is 4.86. The first-order chi connectivity index (χ1) is 9.47. The van der Waals surface area contributed by atoms with Crippen LogP contribution in [-0.4, -0.2) is 14.8 Å². The Morgan fingerprint density at radius 1 is 1.25 bits per heavy atom. The summed E-state index contributed by atoms with van der Waals surface area (Å²) in [5.41, 5.74) is 7.13. The summed E-state index contributed by atoms with van der Waals surface area (Å²) >= 11 is 0. The second kappa shape index (κ2) is 4.59. The van der Waals surface area contributed by atoms with Crippen molar-refractivity contribution >= 4 is 0 Å². The largest absolute Gasteiger partial charge is 0.417 e. The summed E-state index contributed by atoms with van der Waals surface area (Å²) in [5, 5.41) is 4.20. The third-order valence-corrected chi connectivity index (χ3v) is 3.52. The Bertz CT molecular complexity index is 616. The first-order valence-corrected chi connectivity index (χ1v) is 6.33. The molecule has 1 unspecified atom stereocenters. The molecule has 2 aromatic rings. The molecule has 3 rings (SSSR count). The zero-order chi connectivity index (χ0) is 14.3. The maximum Gasteiger partial charge on any atom is 0.417 e. The lowest BCUT2D eigenvalue weighted by molar-refractivity contribution is -0.137. The van der Waals surface area contributed by atoms with Crippen molar-refractivity contribution in [1.82, 2.24) is 14.8 Å². The molecule has 0 amide bonds. The van der Waals surface area contributed by atoms with Crippen molar-refractivity contribution in [2.24, 2.45) is 5.73 Å². The van der Waals surface area contributed by atoms with Gasteiger partial charge in [0.05, 0.1) is 17.5 Å². The van der Waals surface area contributed by atoms with E-state index in [9.17, 15) is 13.2 Å². The van der Waals surface area contributed by atoms with Gasteiger partial charge in [0, 0.05) is 17.8 Å². The van der Waals surface area contributed by atoms with E-state index >= 15 is 0 Å². The average Bonchev–Trinajstić information content (AvgIpc) is 2.83. The molecule has 4 nitrogen and oxygen atoms in total. The zero-order valence-electron chi connectivity index (χ0n) is 10.6. The monoisotopic (exact) mass is 282 g/mol. The number of hydrogen-bond donors (Lipinski definition) is 1. The summed E-state index contributed by atoms with van der Waals surface area (Å²) in [4.78, 5) is 3.86. The van der Waals surface area contributed by atoms with Gasteiger partial charge in [0.25, 0.3) is 0 Å². The molecular formula is C13H13F3N4. The molecular weight excluding hydrogens is 269 g/mol. The van der Waals surface area contributed by atoms with E-state index in [0.29, 0.717) is 5.82 Å². The predicted molar refractivity (Wildman–Crippen MR) is 66.2 cm³/mol. The highest BCUT2D eigenvalue weighted by atomic mass is 19.4. The van der Waals surface area contributed by atoms with Crippen molar-refractivity contribution in [3.63, 3.8) is 0 Å². The summed E-state index contributed by atoms with van der Waals surface area (Å²) in [6.45, 7) is 0. The lowest BCUT2D eigenvalue weighted by atomic mass is 9.94. The number of nitrogens with zero attached hydrogens (tertiary/aromatic N) is 3. The SMILES string of the molecule is NC1CCCc2c1cnn2-c1ccc(C(F)(F)F)cn1. The number of aromatic nitrogens is 3. The molecule has 0 spiro atoms. The molecule has 0 aromatic carbocycles. The fourth-order valence-electron chi connectivity index (χ4n) is 2.47. The Morgan fingerprint density at radius 3 is 2.70 bits per heavy atom. The highest BCUT2D eigenvalue weighted by Gasteiger charge is 2.31. The summed E-state index contributed by atoms with van der Waals surface area (Å²) in [6, 6.07) is 2.29. The number of halogens is 3. The minimum Gasteiger partial charge on any atom is -0.324 e. The Morgan fingerprint density at radius 2 is 2.05 bits per heavy atom. The first kappa shape index (κ1) is 13.1. The van der Waals surface area contributed by atoms with Gasteiger partial charge in [-0.2, -0.15) is 18.3 Å². The number of hydrogen-bond acceptors (Lipinski definition) is 3. The number of pyridine rings is 1. The van der Waals surface area contributed by atoms with Gasteiger partial charge < -0.3 is 5.73 Å². The zero-order valence-corrected chi connectivity index (χ0v) is 10.6. The van der Waals surface area contributed by atoms with Crippen molar-refractivity contribution in [3.8, 4) is 5.82 Å². The van der Waals surface area contributed by atoms with Crippen LogP contribution in [0, 0.1) is 0 Å². The standard InChI is InChI=1S/C13H13F3N4/c14-13(15,16)8-4-5-12(18-6-8)20-11-3-1-2-10(17)9(11)7-19-20/h4-7,10H,1-3,17H2. The van der Waals surface area contributed by atoms with Gasteiger partial charge in [0.15, 0.2) is 5.82 Å². The van der Waals surface area contributed by atoms with Crippen molar-refractivity contribution in [3.05, 3.63) is 41.3 Å². The fraction of sp³-hybridized carbons (Fsp3) is 0.385. The fourth-order valence-corrected chi connectivity index (χ4v) is 2.47. The molecule has 2 heterocycles. The van der Waals surface area contributed by atoms with E-state index in [-0.39, 0.29) is 6.04 Å². The van der Waals surface area contributed by atoms with E-state index in [1.807, 2.05) is 0 Å². The molecule has 7 heteroatoms. The van der Waals surface area contributed by atoms with E-state index in [0.717, 1.165) is 42.8 Å². The average molecular weight is 282 g/mol.